The SMILES string of the molecule is CCCCCCCCCCCC.CCCCCCCCCCCCCCC(C)C(=O)O. The van der Waals surface area contributed by atoms with Crippen LogP contribution in [0.1, 0.15) is 175 Å². The van der Waals surface area contributed by atoms with Crippen LogP contribution in [-0.2, 0) is 4.79 Å². The first-order chi connectivity index (χ1) is 15.1. The molecule has 0 saturated heterocycles. The molecule has 1 unspecified atom stereocenters. The number of aliphatic carboxylic acids is 1. The Morgan fingerprint density at radius 1 is 0.484 bits per heavy atom. The van der Waals surface area contributed by atoms with Crippen molar-refractivity contribution in [3.05, 3.63) is 0 Å². The minimum Gasteiger partial charge on any atom is -0.481 e. The van der Waals surface area contributed by atoms with Crippen molar-refractivity contribution in [1.29, 1.82) is 0 Å². The Morgan fingerprint density at radius 3 is 0.935 bits per heavy atom. The quantitative estimate of drug-likeness (QED) is 0.160. The van der Waals surface area contributed by atoms with Crippen LogP contribution in [0.25, 0.3) is 0 Å². The molecule has 0 aliphatic rings. The molecule has 0 rings (SSSR count). The van der Waals surface area contributed by atoms with Crippen LogP contribution >= 0.6 is 0 Å². The normalized spacial score (nSPS) is 11.7. The van der Waals surface area contributed by atoms with E-state index in [4.69, 9.17) is 5.11 Å². The van der Waals surface area contributed by atoms with Gasteiger partial charge in [0.25, 0.3) is 0 Å². The largest absolute Gasteiger partial charge is 0.481 e. The lowest BCUT2D eigenvalue weighted by Gasteiger charge is -2.05. The van der Waals surface area contributed by atoms with Gasteiger partial charge in [-0.3, -0.25) is 4.79 Å². The zero-order valence-corrected chi connectivity index (χ0v) is 22.2. The molecule has 0 radical (unpaired) electrons. The van der Waals surface area contributed by atoms with E-state index in [1.807, 2.05) is 0 Å². The molecule has 188 valence electrons. The lowest BCUT2D eigenvalue weighted by atomic mass is 10.0. The zero-order valence-electron chi connectivity index (χ0n) is 22.2. The van der Waals surface area contributed by atoms with Gasteiger partial charge in [0.15, 0.2) is 0 Å². The van der Waals surface area contributed by atoms with E-state index in [2.05, 4.69) is 20.8 Å². The predicted molar refractivity (Wildman–Crippen MR) is 140 cm³/mol. The lowest BCUT2D eigenvalue weighted by molar-refractivity contribution is -0.141. The summed E-state index contributed by atoms with van der Waals surface area (Å²) < 4.78 is 0. The molecule has 0 bridgehead atoms. The van der Waals surface area contributed by atoms with Gasteiger partial charge in [-0.25, -0.2) is 0 Å². The average Bonchev–Trinajstić information content (AvgIpc) is 2.76. The van der Waals surface area contributed by atoms with E-state index in [9.17, 15) is 4.79 Å². The highest BCUT2D eigenvalue weighted by molar-refractivity contribution is 5.69. The summed E-state index contributed by atoms with van der Waals surface area (Å²) >= 11 is 0. The van der Waals surface area contributed by atoms with Crippen LogP contribution in [0.15, 0.2) is 0 Å². The topological polar surface area (TPSA) is 37.3 Å². The predicted octanol–water partition coefficient (Wildman–Crippen LogP) is 10.7. The van der Waals surface area contributed by atoms with Crippen molar-refractivity contribution < 1.29 is 9.90 Å². The maximum Gasteiger partial charge on any atom is 0.306 e. The Labute approximate surface area is 197 Å². The minimum atomic E-state index is -0.650. The van der Waals surface area contributed by atoms with Crippen molar-refractivity contribution in [2.45, 2.75) is 175 Å². The van der Waals surface area contributed by atoms with E-state index >= 15 is 0 Å². The summed E-state index contributed by atoms with van der Waals surface area (Å²) in [6.45, 7) is 8.63. The van der Waals surface area contributed by atoms with Crippen molar-refractivity contribution in [3.63, 3.8) is 0 Å². The third kappa shape index (κ3) is 31.7. The van der Waals surface area contributed by atoms with Crippen molar-refractivity contribution in [2.24, 2.45) is 5.92 Å². The third-order valence-corrected chi connectivity index (χ3v) is 6.37. The Hall–Kier alpha value is -0.530. The summed E-state index contributed by atoms with van der Waals surface area (Å²) in [5.74, 6) is -0.814. The minimum absolute atomic E-state index is 0.164. The van der Waals surface area contributed by atoms with Crippen molar-refractivity contribution in [1.82, 2.24) is 0 Å². The summed E-state index contributed by atoms with van der Waals surface area (Å²) in [5, 5.41) is 8.76. The first kappa shape index (κ1) is 32.6. The van der Waals surface area contributed by atoms with Crippen LogP contribution in [0, 0.1) is 5.92 Å². The number of carboxylic acid groups (broad SMARTS) is 1. The molecule has 0 aromatic carbocycles. The van der Waals surface area contributed by atoms with Crippen molar-refractivity contribution in [2.75, 3.05) is 0 Å². The van der Waals surface area contributed by atoms with Gasteiger partial charge in [0.05, 0.1) is 5.92 Å². The van der Waals surface area contributed by atoms with Crippen LogP contribution in [0.4, 0.5) is 0 Å². The van der Waals surface area contributed by atoms with E-state index in [-0.39, 0.29) is 5.92 Å². The number of hydrogen-bond acceptors (Lipinski definition) is 1. The van der Waals surface area contributed by atoms with Gasteiger partial charge < -0.3 is 5.11 Å². The molecule has 2 heteroatoms. The Morgan fingerprint density at radius 2 is 0.710 bits per heavy atom. The summed E-state index contributed by atoms with van der Waals surface area (Å²) in [5.41, 5.74) is 0. The number of hydrogen-bond donors (Lipinski definition) is 1. The van der Waals surface area contributed by atoms with Crippen LogP contribution in [-0.4, -0.2) is 11.1 Å². The maximum absolute atomic E-state index is 10.6. The van der Waals surface area contributed by atoms with Crippen molar-refractivity contribution in [3.8, 4) is 0 Å². The molecule has 1 N–H and O–H groups in total. The zero-order chi connectivity index (χ0) is 23.4. The number of rotatable bonds is 23. The molecule has 31 heavy (non-hydrogen) atoms. The highest BCUT2D eigenvalue weighted by Crippen LogP contribution is 2.14. The van der Waals surface area contributed by atoms with Crippen LogP contribution in [0.2, 0.25) is 0 Å². The van der Waals surface area contributed by atoms with Gasteiger partial charge in [0.1, 0.15) is 0 Å². The van der Waals surface area contributed by atoms with E-state index in [0.29, 0.717) is 0 Å². The molecule has 0 saturated carbocycles. The lowest BCUT2D eigenvalue weighted by Crippen LogP contribution is -2.08. The van der Waals surface area contributed by atoms with Gasteiger partial charge in [0.2, 0.25) is 0 Å². The number of unbranched alkanes of at least 4 members (excludes halogenated alkanes) is 20. The highest BCUT2D eigenvalue weighted by atomic mass is 16.4. The van der Waals surface area contributed by atoms with Crippen LogP contribution in [0.3, 0.4) is 0 Å². The summed E-state index contributed by atoms with van der Waals surface area (Å²) in [7, 11) is 0. The molecule has 0 spiro atoms. The van der Waals surface area contributed by atoms with Crippen LogP contribution < -0.4 is 0 Å². The second kappa shape index (κ2) is 29.5. The van der Waals surface area contributed by atoms with E-state index < -0.39 is 5.97 Å². The van der Waals surface area contributed by atoms with Gasteiger partial charge in [-0.2, -0.15) is 0 Å². The Bertz CT molecular complexity index is 317. The van der Waals surface area contributed by atoms with Crippen molar-refractivity contribution >= 4 is 5.97 Å². The maximum atomic E-state index is 10.6. The molecule has 0 aromatic heterocycles. The Balaban J connectivity index is 0. The molecule has 0 aromatic rings. The molecule has 0 aliphatic carbocycles. The third-order valence-electron chi connectivity index (χ3n) is 6.37. The second-order valence-corrected chi connectivity index (χ2v) is 9.75. The van der Waals surface area contributed by atoms with Gasteiger partial charge >= 0.3 is 5.97 Å². The fraction of sp³-hybridized carbons (Fsp3) is 0.966. The molecular formula is C29H60O2. The second-order valence-electron chi connectivity index (χ2n) is 9.75. The first-order valence-electron chi connectivity index (χ1n) is 14.3. The van der Waals surface area contributed by atoms with Gasteiger partial charge in [0, 0.05) is 0 Å². The average molecular weight is 441 g/mol. The van der Waals surface area contributed by atoms with E-state index in [1.165, 1.54) is 135 Å². The van der Waals surface area contributed by atoms with Gasteiger partial charge in [-0.1, -0.05) is 169 Å². The number of carboxylic acids is 1. The molecular weight excluding hydrogens is 380 g/mol. The molecule has 0 aliphatic heterocycles. The highest BCUT2D eigenvalue weighted by Gasteiger charge is 2.09. The van der Waals surface area contributed by atoms with E-state index in [0.717, 1.165) is 12.8 Å². The first-order valence-corrected chi connectivity index (χ1v) is 14.3. The fourth-order valence-electron chi connectivity index (χ4n) is 3.98. The van der Waals surface area contributed by atoms with Gasteiger partial charge in [-0.05, 0) is 6.42 Å². The summed E-state index contributed by atoms with van der Waals surface area (Å²) in [6.07, 6.45) is 31.3. The van der Waals surface area contributed by atoms with Gasteiger partial charge in [-0.15, -0.1) is 0 Å². The fourth-order valence-corrected chi connectivity index (χ4v) is 3.98. The monoisotopic (exact) mass is 440 g/mol. The van der Waals surface area contributed by atoms with Crippen LogP contribution in [0.5, 0.6) is 0 Å². The molecule has 1 atom stereocenters. The molecule has 0 fully saturated rings. The standard InChI is InChI=1S/C17H34O2.C12H26/c1-3-4-5-6-7-8-9-10-11-12-13-14-15-16(2)17(18)19;1-3-5-7-9-11-12-10-8-6-4-2/h16H,3-15H2,1-2H3,(H,18,19);3-12H2,1-2H3. The summed E-state index contributed by atoms with van der Waals surface area (Å²) in [4.78, 5) is 10.6. The molecule has 2 nitrogen and oxygen atoms in total. The molecule has 0 amide bonds. The molecule has 0 heterocycles. The smallest absolute Gasteiger partial charge is 0.306 e. The number of carbonyl (C=O) groups is 1. The Kier molecular flexibility index (Phi) is 31.0. The van der Waals surface area contributed by atoms with E-state index in [1.54, 1.807) is 6.92 Å². The summed E-state index contributed by atoms with van der Waals surface area (Å²) in [6, 6.07) is 0.